The molecule has 174 valence electrons. The summed E-state index contributed by atoms with van der Waals surface area (Å²) in [5.74, 6) is 1.60. The summed E-state index contributed by atoms with van der Waals surface area (Å²) in [5.41, 5.74) is 1.01. The summed E-state index contributed by atoms with van der Waals surface area (Å²) in [6.45, 7) is 1.52. The summed E-state index contributed by atoms with van der Waals surface area (Å²) in [6, 6.07) is 12.0. The van der Waals surface area contributed by atoms with E-state index in [1.165, 1.54) is 30.7 Å². The molecule has 1 aliphatic heterocycles. The van der Waals surface area contributed by atoms with Crippen LogP contribution in [0.5, 0.6) is 17.2 Å². The minimum absolute atomic E-state index is 0.129. The zero-order valence-corrected chi connectivity index (χ0v) is 19.4. The second-order valence-corrected chi connectivity index (χ2v) is 9.14. The second-order valence-electron chi connectivity index (χ2n) is 7.20. The summed E-state index contributed by atoms with van der Waals surface area (Å²) >= 11 is 0. The van der Waals surface area contributed by atoms with Gasteiger partial charge in [0, 0.05) is 38.8 Å². The first-order valence-electron chi connectivity index (χ1n) is 10.3. The molecule has 2 aromatic rings. The lowest BCUT2D eigenvalue weighted by molar-refractivity contribution is 0.172. The molecule has 10 heteroatoms. The molecule has 0 saturated carbocycles. The smallest absolute Gasteiger partial charge is 0.317 e. The molecule has 2 aromatic carbocycles. The van der Waals surface area contributed by atoms with E-state index in [9.17, 15) is 13.2 Å². The maximum atomic E-state index is 13.0. The van der Waals surface area contributed by atoms with Crippen molar-refractivity contribution in [3.63, 3.8) is 0 Å². The average Bonchev–Trinajstić information content (AvgIpc) is 2.83. The molecule has 3 rings (SSSR count). The van der Waals surface area contributed by atoms with Crippen molar-refractivity contribution in [3.8, 4) is 17.2 Å². The Labute approximate surface area is 188 Å². The third kappa shape index (κ3) is 5.25. The monoisotopic (exact) mass is 463 g/mol. The summed E-state index contributed by atoms with van der Waals surface area (Å²) in [6.07, 6.45) is 0.642. The number of methoxy groups -OCH3 is 3. The van der Waals surface area contributed by atoms with Crippen molar-refractivity contribution in [2.24, 2.45) is 0 Å². The van der Waals surface area contributed by atoms with Crippen LogP contribution in [0.1, 0.15) is 5.56 Å². The molecule has 2 amide bonds. The number of carbonyl (C=O) groups excluding carboxylic acids is 1. The molecule has 9 nitrogen and oxygen atoms in total. The summed E-state index contributed by atoms with van der Waals surface area (Å²) < 4.78 is 43.1. The number of ether oxygens (including phenoxy) is 3. The molecule has 0 spiro atoms. The van der Waals surface area contributed by atoms with E-state index in [1.807, 2.05) is 24.3 Å². The number of carbonyl (C=O) groups is 1. The minimum Gasteiger partial charge on any atom is -0.496 e. The van der Waals surface area contributed by atoms with Gasteiger partial charge in [0.1, 0.15) is 5.75 Å². The van der Waals surface area contributed by atoms with Crippen LogP contribution in [0.15, 0.2) is 47.4 Å². The van der Waals surface area contributed by atoms with Crippen molar-refractivity contribution in [2.75, 3.05) is 54.1 Å². The van der Waals surface area contributed by atoms with E-state index < -0.39 is 10.0 Å². The minimum atomic E-state index is -3.70. The molecule has 32 heavy (non-hydrogen) atoms. The molecule has 1 saturated heterocycles. The van der Waals surface area contributed by atoms with E-state index in [0.29, 0.717) is 37.6 Å². The highest BCUT2D eigenvalue weighted by molar-refractivity contribution is 7.89. The number of benzene rings is 2. The van der Waals surface area contributed by atoms with Crippen LogP contribution in [-0.4, -0.2) is 77.7 Å². The lowest BCUT2D eigenvalue weighted by Gasteiger charge is -2.34. The van der Waals surface area contributed by atoms with Crippen LogP contribution in [0.2, 0.25) is 0 Å². The van der Waals surface area contributed by atoms with Crippen LogP contribution in [0.25, 0.3) is 0 Å². The number of amides is 2. The third-order valence-corrected chi connectivity index (χ3v) is 7.28. The number of rotatable bonds is 8. The highest BCUT2D eigenvalue weighted by Gasteiger charge is 2.30. The summed E-state index contributed by atoms with van der Waals surface area (Å²) in [7, 11) is 0.865. The average molecular weight is 464 g/mol. The van der Waals surface area contributed by atoms with E-state index >= 15 is 0 Å². The van der Waals surface area contributed by atoms with Crippen LogP contribution < -0.4 is 19.5 Å². The highest BCUT2D eigenvalue weighted by atomic mass is 32.2. The molecule has 1 N–H and O–H groups in total. The van der Waals surface area contributed by atoms with Gasteiger partial charge in [-0.05, 0) is 30.2 Å². The largest absolute Gasteiger partial charge is 0.496 e. The molecule has 1 fully saturated rings. The van der Waals surface area contributed by atoms with E-state index in [0.717, 1.165) is 11.3 Å². The third-order valence-electron chi connectivity index (χ3n) is 5.38. The Balaban J connectivity index is 1.54. The van der Waals surface area contributed by atoms with Crippen molar-refractivity contribution in [3.05, 3.63) is 48.0 Å². The molecular formula is C22H29N3O6S. The Morgan fingerprint density at radius 3 is 2.22 bits per heavy atom. The lowest BCUT2D eigenvalue weighted by Crippen LogP contribution is -2.53. The van der Waals surface area contributed by atoms with E-state index in [4.69, 9.17) is 14.2 Å². The maximum absolute atomic E-state index is 13.0. The fourth-order valence-corrected chi connectivity index (χ4v) is 5.02. The van der Waals surface area contributed by atoms with Gasteiger partial charge >= 0.3 is 6.03 Å². The van der Waals surface area contributed by atoms with Crippen LogP contribution in [-0.2, 0) is 16.4 Å². The lowest BCUT2D eigenvalue weighted by atomic mass is 10.1. The van der Waals surface area contributed by atoms with Gasteiger partial charge in [0.05, 0.1) is 26.2 Å². The van der Waals surface area contributed by atoms with E-state index in [2.05, 4.69) is 5.32 Å². The van der Waals surface area contributed by atoms with Gasteiger partial charge in [-0.3, -0.25) is 0 Å². The first-order chi connectivity index (χ1) is 15.4. The Morgan fingerprint density at radius 2 is 1.56 bits per heavy atom. The van der Waals surface area contributed by atoms with Crippen molar-refractivity contribution >= 4 is 16.1 Å². The van der Waals surface area contributed by atoms with Gasteiger partial charge in [0.25, 0.3) is 0 Å². The SMILES string of the molecule is COc1ccccc1CCNC(=O)N1CCN(S(=O)(=O)c2ccc(OC)c(OC)c2)CC1. The van der Waals surface area contributed by atoms with Gasteiger partial charge < -0.3 is 24.4 Å². The molecular weight excluding hydrogens is 434 g/mol. The van der Waals surface area contributed by atoms with Gasteiger partial charge in [0.15, 0.2) is 11.5 Å². The molecule has 1 heterocycles. The van der Waals surface area contributed by atoms with Crippen molar-refractivity contribution < 1.29 is 27.4 Å². The summed E-state index contributed by atoms with van der Waals surface area (Å²) in [4.78, 5) is 14.3. The molecule has 0 unspecified atom stereocenters. The number of nitrogens with one attached hydrogen (secondary N) is 1. The van der Waals surface area contributed by atoms with Crippen LogP contribution in [0, 0.1) is 0 Å². The number of nitrogens with zero attached hydrogens (tertiary/aromatic N) is 2. The standard InChI is InChI=1S/C22H29N3O6S/c1-29-19-7-5-4-6-17(19)10-11-23-22(26)24-12-14-25(15-13-24)32(27,28)18-8-9-20(30-2)21(16-18)31-3/h4-9,16H,10-15H2,1-3H3,(H,23,26). The van der Waals surface area contributed by atoms with E-state index in [-0.39, 0.29) is 24.0 Å². The van der Waals surface area contributed by atoms with Gasteiger partial charge in [-0.1, -0.05) is 18.2 Å². The molecule has 0 atom stereocenters. The quantitative estimate of drug-likeness (QED) is 0.643. The van der Waals surface area contributed by atoms with E-state index in [1.54, 1.807) is 18.1 Å². The van der Waals surface area contributed by atoms with Crippen molar-refractivity contribution in [1.82, 2.24) is 14.5 Å². The fraction of sp³-hybridized carbons (Fsp3) is 0.409. The molecule has 0 bridgehead atoms. The van der Waals surface area contributed by atoms with Crippen LogP contribution in [0.4, 0.5) is 4.79 Å². The Morgan fingerprint density at radius 1 is 0.906 bits per heavy atom. The number of hydrogen-bond acceptors (Lipinski definition) is 6. The number of urea groups is 1. The van der Waals surface area contributed by atoms with Gasteiger partial charge in [0.2, 0.25) is 10.0 Å². The number of piperazine rings is 1. The maximum Gasteiger partial charge on any atom is 0.317 e. The summed E-state index contributed by atoms with van der Waals surface area (Å²) in [5, 5.41) is 2.90. The number of para-hydroxylation sites is 1. The number of hydrogen-bond donors (Lipinski definition) is 1. The molecule has 0 radical (unpaired) electrons. The first-order valence-corrected chi connectivity index (χ1v) is 11.7. The van der Waals surface area contributed by atoms with Crippen LogP contribution >= 0.6 is 0 Å². The number of sulfonamides is 1. The second kappa shape index (κ2) is 10.6. The Kier molecular flexibility index (Phi) is 7.81. The normalized spacial score (nSPS) is 14.7. The molecule has 0 aliphatic carbocycles. The predicted molar refractivity (Wildman–Crippen MR) is 120 cm³/mol. The zero-order chi connectivity index (χ0) is 23.1. The fourth-order valence-electron chi connectivity index (χ4n) is 3.58. The highest BCUT2D eigenvalue weighted by Crippen LogP contribution is 2.30. The van der Waals surface area contributed by atoms with Crippen molar-refractivity contribution in [2.45, 2.75) is 11.3 Å². The Bertz CT molecular complexity index is 1040. The molecule has 1 aliphatic rings. The van der Waals surface area contributed by atoms with Gasteiger partial charge in [-0.15, -0.1) is 0 Å². The predicted octanol–water partition coefficient (Wildman–Crippen LogP) is 1.97. The van der Waals surface area contributed by atoms with Crippen LogP contribution in [0.3, 0.4) is 0 Å². The van der Waals surface area contributed by atoms with Gasteiger partial charge in [-0.2, -0.15) is 4.31 Å². The topological polar surface area (TPSA) is 97.4 Å². The van der Waals surface area contributed by atoms with Crippen molar-refractivity contribution in [1.29, 1.82) is 0 Å². The van der Waals surface area contributed by atoms with Gasteiger partial charge in [-0.25, -0.2) is 13.2 Å². The first kappa shape index (κ1) is 23.7. The Hall–Kier alpha value is -2.98. The zero-order valence-electron chi connectivity index (χ0n) is 18.5. The molecule has 0 aromatic heterocycles.